The van der Waals surface area contributed by atoms with Crippen LogP contribution >= 0.6 is 23.5 Å². The van der Waals surface area contributed by atoms with Gasteiger partial charge >= 0.3 is 5.69 Å². The maximum absolute atomic E-state index is 13.4. The smallest absolute Gasteiger partial charge is 0.330 e. The van der Waals surface area contributed by atoms with E-state index in [4.69, 9.17) is 15.4 Å². The molecule has 1 aromatic heterocycles. The predicted molar refractivity (Wildman–Crippen MR) is 224 cm³/mol. The van der Waals surface area contributed by atoms with Gasteiger partial charge in [-0.2, -0.15) is 11.8 Å². The average molecular weight is 839 g/mol. The monoisotopic (exact) mass is 838 g/mol. The van der Waals surface area contributed by atoms with Crippen molar-refractivity contribution < 1.29 is 29.6 Å². The molecule has 6 N–H and O–H groups in total. The third-order valence-electron chi connectivity index (χ3n) is 10.5. The Morgan fingerprint density at radius 1 is 1.14 bits per heavy atom. The Balaban J connectivity index is 0.000000281. The summed E-state index contributed by atoms with van der Waals surface area (Å²) in [5.41, 5.74) is 8.29. The largest absolute Gasteiger partial charge is 0.508 e. The van der Waals surface area contributed by atoms with Crippen molar-refractivity contribution >= 4 is 35.3 Å². The summed E-state index contributed by atoms with van der Waals surface area (Å²) < 4.78 is 6.69. The molecule has 3 fully saturated rings. The molecule has 314 valence electrons. The molecule has 0 aliphatic carbocycles. The first-order chi connectivity index (χ1) is 27.6. The molecule has 3 aliphatic heterocycles. The highest BCUT2D eigenvalue weighted by molar-refractivity contribution is 8.00. The van der Waals surface area contributed by atoms with Gasteiger partial charge in [-0.3, -0.25) is 28.8 Å². The number of ether oxygens (including phenoxy) is 1. The molecule has 0 bridgehead atoms. The van der Waals surface area contributed by atoms with Crippen LogP contribution in [0.5, 0.6) is 5.75 Å². The second-order valence-corrected chi connectivity index (χ2v) is 18.4. The number of benzene rings is 2. The summed E-state index contributed by atoms with van der Waals surface area (Å²) in [5.74, 6) is 1.79. The van der Waals surface area contributed by atoms with Crippen molar-refractivity contribution in [2.75, 3.05) is 31.2 Å². The number of azide groups is 1. The van der Waals surface area contributed by atoms with Gasteiger partial charge in [-0.25, -0.2) is 4.79 Å². The average Bonchev–Trinajstić information content (AvgIpc) is 3.82. The molecule has 6 rings (SSSR count). The van der Waals surface area contributed by atoms with Crippen molar-refractivity contribution in [3.63, 3.8) is 0 Å². The number of aliphatic hydroxyl groups excluding tert-OH is 2. The SMILES string of the molecule is Cc1c(O)cccc1C(=O)N[C@@H](CSc1ccccc1)[C@H](O)CN1C[C@H]2CCS[C@H]2C[C@H]1C(=O)NC(C)(C)C.Cc1cn([C@H]2C[C@H](N=[N+]=[N-])[C@@H](CO)O2)c(=O)[nH]c1=O. The minimum Gasteiger partial charge on any atom is -0.508 e. The Bertz CT molecular complexity index is 2050. The van der Waals surface area contributed by atoms with Crippen LogP contribution in [0, 0.1) is 19.8 Å². The summed E-state index contributed by atoms with van der Waals surface area (Å²) in [6.07, 6.45) is 1.33. The number of nitrogens with zero attached hydrogens (tertiary/aromatic N) is 5. The normalized spacial score (nSPS) is 24.1. The van der Waals surface area contributed by atoms with Gasteiger partial charge in [-0.1, -0.05) is 29.4 Å². The van der Waals surface area contributed by atoms with Crippen molar-refractivity contribution in [2.24, 2.45) is 11.0 Å². The first kappa shape index (κ1) is 44.8. The summed E-state index contributed by atoms with van der Waals surface area (Å²) in [7, 11) is 0. The minimum atomic E-state index is -0.890. The second-order valence-electron chi connectivity index (χ2n) is 15.9. The van der Waals surface area contributed by atoms with E-state index in [2.05, 4.69) is 30.5 Å². The number of thioether (sulfide) groups is 2. The Kier molecular flexibility index (Phi) is 15.5. The Morgan fingerprint density at radius 3 is 2.57 bits per heavy atom. The van der Waals surface area contributed by atoms with Gasteiger partial charge in [0.2, 0.25) is 5.91 Å². The third kappa shape index (κ3) is 11.7. The van der Waals surface area contributed by atoms with Crippen LogP contribution in [0.25, 0.3) is 10.4 Å². The van der Waals surface area contributed by atoms with E-state index in [9.17, 15) is 29.4 Å². The lowest BCUT2D eigenvalue weighted by Gasteiger charge is -2.43. The van der Waals surface area contributed by atoms with Gasteiger partial charge in [-0.05, 0) is 88.9 Å². The highest BCUT2D eigenvalue weighted by Gasteiger charge is 2.43. The first-order valence-electron chi connectivity index (χ1n) is 19.3. The number of amides is 2. The van der Waals surface area contributed by atoms with Crippen molar-refractivity contribution in [2.45, 2.75) is 106 Å². The molecule has 2 amide bonds. The van der Waals surface area contributed by atoms with Crippen LogP contribution in [0.2, 0.25) is 0 Å². The fraction of sp³-hybridized carbons (Fsp3) is 0.550. The van der Waals surface area contributed by atoms with Gasteiger partial charge in [0.05, 0.1) is 36.9 Å². The van der Waals surface area contributed by atoms with Crippen LogP contribution in [0.3, 0.4) is 0 Å². The highest BCUT2D eigenvalue weighted by Crippen LogP contribution is 2.40. The Hall–Kier alpha value is -4.29. The van der Waals surface area contributed by atoms with E-state index in [0.717, 1.165) is 30.0 Å². The zero-order chi connectivity index (χ0) is 42.1. The van der Waals surface area contributed by atoms with Gasteiger partial charge in [0.15, 0.2) is 0 Å². The number of aryl methyl sites for hydroxylation is 1. The van der Waals surface area contributed by atoms with Crippen LogP contribution in [0.15, 0.2) is 74.3 Å². The molecule has 3 saturated heterocycles. The maximum atomic E-state index is 13.4. The van der Waals surface area contributed by atoms with E-state index in [1.165, 1.54) is 10.8 Å². The first-order valence-corrected chi connectivity index (χ1v) is 21.4. The number of β-amino-alcohol motifs (C(OH)–C–C–N with tert-alkyl or cyclic N) is 1. The molecule has 0 radical (unpaired) electrons. The molecule has 4 heterocycles. The standard InChI is InChI=1S/C30H41N3O4S2.C10H13N5O4/c1-19-22(11-8-12-25(19)34)28(36)31-23(18-39-21-9-6-5-7-10-21)26(35)17-33-16-20-13-14-38-27(20)15-24(33)29(37)32-30(2,3)4;1-5-3-15(10(18)12-9(5)17)8-2-6(13-14-11)7(4-16)19-8/h5-12,20,23-24,26-27,34-35H,13-18H2,1-4H3,(H,31,36)(H,32,37);3,6-8,16H,2,4H2,1H3,(H,12,17,18)/t20-,23+,24+,26-,27+;6-,7+,8+/m10/s1. The van der Waals surface area contributed by atoms with Gasteiger partial charge in [0, 0.05) is 68.7 Å². The number of aromatic amines is 1. The Labute approximate surface area is 345 Å². The number of nitrogens with one attached hydrogen (secondary N) is 3. The van der Waals surface area contributed by atoms with Crippen molar-refractivity contribution in [3.05, 3.63) is 103 Å². The lowest BCUT2D eigenvalue weighted by molar-refractivity contribution is -0.130. The van der Waals surface area contributed by atoms with Crippen molar-refractivity contribution in [1.82, 2.24) is 25.1 Å². The number of aromatic nitrogens is 2. The number of likely N-dealkylation sites (tertiary alicyclic amines) is 1. The molecular weight excluding hydrogens is 785 g/mol. The number of fused-ring (bicyclic) bond motifs is 1. The molecule has 3 aromatic rings. The summed E-state index contributed by atoms with van der Waals surface area (Å²) in [4.78, 5) is 57.7. The lowest BCUT2D eigenvalue weighted by Crippen LogP contribution is -2.60. The summed E-state index contributed by atoms with van der Waals surface area (Å²) in [5, 5.41) is 41.0. The van der Waals surface area contributed by atoms with Crippen LogP contribution in [-0.2, 0) is 9.53 Å². The number of aliphatic hydroxyl groups is 2. The number of aromatic hydroxyl groups is 1. The van der Waals surface area contributed by atoms with E-state index in [1.807, 2.05) is 62.9 Å². The highest BCUT2D eigenvalue weighted by atomic mass is 32.2. The molecule has 2 aromatic carbocycles. The van der Waals surface area contributed by atoms with E-state index in [1.54, 1.807) is 43.8 Å². The van der Waals surface area contributed by atoms with Gasteiger partial charge in [0.25, 0.3) is 11.5 Å². The molecule has 0 spiro atoms. The van der Waals surface area contributed by atoms with E-state index in [0.29, 0.717) is 33.6 Å². The van der Waals surface area contributed by atoms with Crippen LogP contribution in [-0.4, -0.2) is 114 Å². The van der Waals surface area contributed by atoms with Gasteiger partial charge in [-0.15, -0.1) is 11.8 Å². The fourth-order valence-electron chi connectivity index (χ4n) is 7.36. The second kappa shape index (κ2) is 20.1. The number of phenols is 1. The summed E-state index contributed by atoms with van der Waals surface area (Å²) in [6, 6.07) is 13.3. The zero-order valence-corrected chi connectivity index (χ0v) is 35.0. The Morgan fingerprint density at radius 2 is 1.88 bits per heavy atom. The number of piperidine rings is 1. The van der Waals surface area contributed by atoms with E-state index in [-0.39, 0.29) is 48.7 Å². The molecule has 8 atom stereocenters. The summed E-state index contributed by atoms with van der Waals surface area (Å²) in [6.45, 7) is 9.96. The quantitative estimate of drug-likeness (QED) is 0.0663. The van der Waals surface area contributed by atoms with Crippen molar-refractivity contribution in [1.29, 1.82) is 0 Å². The lowest BCUT2D eigenvalue weighted by atomic mass is 9.89. The molecule has 18 heteroatoms. The molecule has 0 unspecified atom stereocenters. The molecule has 0 saturated carbocycles. The number of rotatable bonds is 12. The van der Waals surface area contributed by atoms with Crippen molar-refractivity contribution in [3.8, 4) is 5.75 Å². The molecule has 16 nitrogen and oxygen atoms in total. The van der Waals surface area contributed by atoms with Crippen LogP contribution < -0.4 is 21.9 Å². The van der Waals surface area contributed by atoms with Gasteiger partial charge in [0.1, 0.15) is 12.0 Å². The zero-order valence-electron chi connectivity index (χ0n) is 33.4. The minimum absolute atomic E-state index is 0.00437. The number of carbonyl (C=O) groups is 2. The number of phenolic OH excluding ortho intramolecular Hbond substituents is 1. The van der Waals surface area contributed by atoms with Gasteiger partial charge < -0.3 is 30.7 Å². The number of H-pyrrole nitrogens is 1. The number of hydrogen-bond donors (Lipinski definition) is 6. The molecule has 58 heavy (non-hydrogen) atoms. The molecule has 3 aliphatic rings. The fourth-order valence-corrected chi connectivity index (χ4v) is 9.94. The van der Waals surface area contributed by atoms with E-state index >= 15 is 0 Å². The predicted octanol–water partition coefficient (Wildman–Crippen LogP) is 3.87. The number of carbonyl (C=O) groups excluding carboxylic acids is 2. The maximum Gasteiger partial charge on any atom is 0.330 e. The van der Waals surface area contributed by atoms with E-state index < -0.39 is 41.8 Å². The topological polar surface area (TPSA) is 235 Å². The van der Waals surface area contributed by atoms with Crippen LogP contribution in [0.1, 0.15) is 67.7 Å². The van der Waals surface area contributed by atoms with Crippen LogP contribution in [0.4, 0.5) is 0 Å². The molecular formula is C40H54N8O8S2. The third-order valence-corrected chi connectivity index (χ3v) is 13.1. The summed E-state index contributed by atoms with van der Waals surface area (Å²) >= 11 is 3.53. The number of hydrogen-bond acceptors (Lipinski definition) is 12.